The van der Waals surface area contributed by atoms with Crippen LogP contribution in [0.2, 0.25) is 5.02 Å². The quantitative estimate of drug-likeness (QED) is 0.753. The molecule has 3 nitrogen and oxygen atoms in total. The van der Waals surface area contributed by atoms with E-state index in [-0.39, 0.29) is 0 Å². The Morgan fingerprint density at radius 3 is 1.69 bits per heavy atom. The fourth-order valence-electron chi connectivity index (χ4n) is 1.05. The van der Waals surface area contributed by atoms with Gasteiger partial charge >= 0.3 is 0 Å². The fraction of sp³-hybridized carbons (Fsp3) is 0.333. The van der Waals surface area contributed by atoms with E-state index in [4.69, 9.17) is 25.8 Å². The molecule has 0 amide bonds. The molecule has 0 saturated heterocycles. The summed E-state index contributed by atoms with van der Waals surface area (Å²) in [5, 5.41) is 0.550. The summed E-state index contributed by atoms with van der Waals surface area (Å²) >= 11 is 5.82. The van der Waals surface area contributed by atoms with Gasteiger partial charge in [0, 0.05) is 17.2 Å². The molecule has 0 N–H and O–H groups in total. The van der Waals surface area contributed by atoms with E-state index < -0.39 is 0 Å². The van der Waals surface area contributed by atoms with Gasteiger partial charge < -0.3 is 14.2 Å². The molecule has 1 aromatic rings. The normalized spacial score (nSPS) is 9.54. The Balaban J connectivity index is 3.25. The minimum atomic E-state index is 0.550. The molecular weight excluding hydrogens is 192 g/mol. The molecule has 0 aromatic heterocycles. The summed E-state index contributed by atoms with van der Waals surface area (Å²) in [4.78, 5) is 0. The summed E-state index contributed by atoms with van der Waals surface area (Å²) < 4.78 is 15.2. The lowest BCUT2D eigenvalue weighted by molar-refractivity contribution is 0.324. The van der Waals surface area contributed by atoms with Crippen LogP contribution in [0.15, 0.2) is 12.1 Å². The zero-order valence-electron chi connectivity index (χ0n) is 7.76. The summed E-state index contributed by atoms with van der Waals surface area (Å²) in [6.07, 6.45) is 0. The maximum absolute atomic E-state index is 5.82. The Kier molecular flexibility index (Phi) is 3.25. The van der Waals surface area contributed by atoms with E-state index in [0.29, 0.717) is 22.3 Å². The first-order valence-electron chi connectivity index (χ1n) is 3.68. The van der Waals surface area contributed by atoms with Crippen LogP contribution in [-0.2, 0) is 0 Å². The van der Waals surface area contributed by atoms with Crippen molar-refractivity contribution in [2.75, 3.05) is 21.3 Å². The molecule has 0 fully saturated rings. The molecule has 0 unspecified atom stereocenters. The molecule has 0 aliphatic heterocycles. The van der Waals surface area contributed by atoms with Crippen molar-refractivity contribution >= 4 is 11.6 Å². The lowest BCUT2D eigenvalue weighted by Crippen LogP contribution is -1.94. The Morgan fingerprint density at radius 2 is 1.38 bits per heavy atom. The van der Waals surface area contributed by atoms with Crippen molar-refractivity contribution < 1.29 is 14.2 Å². The highest BCUT2D eigenvalue weighted by Gasteiger charge is 2.11. The van der Waals surface area contributed by atoms with Gasteiger partial charge in [-0.3, -0.25) is 0 Å². The number of hydrogen-bond acceptors (Lipinski definition) is 3. The van der Waals surface area contributed by atoms with Gasteiger partial charge in [0.05, 0.1) is 21.3 Å². The molecule has 1 rings (SSSR count). The van der Waals surface area contributed by atoms with Gasteiger partial charge in [0.2, 0.25) is 5.75 Å². The average molecular weight is 203 g/mol. The molecule has 0 heterocycles. The Hall–Kier alpha value is -1.09. The first-order chi connectivity index (χ1) is 6.22. The summed E-state index contributed by atoms with van der Waals surface area (Å²) in [7, 11) is 4.65. The van der Waals surface area contributed by atoms with E-state index in [2.05, 4.69) is 0 Å². The molecule has 0 radical (unpaired) electrons. The first kappa shape index (κ1) is 9.99. The maximum atomic E-state index is 5.82. The van der Waals surface area contributed by atoms with Crippen molar-refractivity contribution in [3.8, 4) is 17.2 Å². The molecule has 0 atom stereocenters. The lowest BCUT2D eigenvalue weighted by atomic mass is 10.3. The van der Waals surface area contributed by atoms with E-state index in [9.17, 15) is 0 Å². The molecule has 72 valence electrons. The lowest BCUT2D eigenvalue weighted by Gasteiger charge is -2.11. The zero-order valence-corrected chi connectivity index (χ0v) is 8.51. The molecule has 0 bridgehead atoms. The zero-order chi connectivity index (χ0) is 9.84. The van der Waals surface area contributed by atoms with Gasteiger partial charge in [-0.05, 0) is 0 Å². The SMILES string of the molecule is COc1cc(Cl)cc(OC)c1OC. The van der Waals surface area contributed by atoms with Crippen LogP contribution in [0.25, 0.3) is 0 Å². The van der Waals surface area contributed by atoms with E-state index in [1.807, 2.05) is 0 Å². The van der Waals surface area contributed by atoms with Crippen LogP contribution in [0.1, 0.15) is 0 Å². The van der Waals surface area contributed by atoms with Crippen LogP contribution in [0.3, 0.4) is 0 Å². The standard InChI is InChI=1S/C9H11ClO3/c1-11-7-4-6(10)5-8(12-2)9(7)13-3/h4-5H,1-3H3. The van der Waals surface area contributed by atoms with Crippen molar-refractivity contribution in [2.45, 2.75) is 0 Å². The minimum absolute atomic E-state index is 0.550. The average Bonchev–Trinajstić information content (AvgIpc) is 2.16. The second-order valence-electron chi connectivity index (χ2n) is 2.34. The topological polar surface area (TPSA) is 27.7 Å². The Morgan fingerprint density at radius 1 is 0.923 bits per heavy atom. The Labute approximate surface area is 82.2 Å². The third-order valence-corrected chi connectivity index (χ3v) is 1.85. The molecule has 0 saturated carbocycles. The predicted molar refractivity (Wildman–Crippen MR) is 51.1 cm³/mol. The van der Waals surface area contributed by atoms with Crippen molar-refractivity contribution in [1.29, 1.82) is 0 Å². The number of hydrogen-bond donors (Lipinski definition) is 0. The fourth-order valence-corrected chi connectivity index (χ4v) is 1.25. The van der Waals surface area contributed by atoms with E-state index in [0.717, 1.165) is 0 Å². The van der Waals surface area contributed by atoms with Gasteiger partial charge in [-0.1, -0.05) is 11.6 Å². The summed E-state index contributed by atoms with van der Waals surface area (Å²) in [5.41, 5.74) is 0. The number of benzene rings is 1. The van der Waals surface area contributed by atoms with Crippen LogP contribution >= 0.6 is 11.6 Å². The number of halogens is 1. The van der Waals surface area contributed by atoms with Crippen molar-refractivity contribution in [1.82, 2.24) is 0 Å². The van der Waals surface area contributed by atoms with Crippen LogP contribution in [0, 0.1) is 0 Å². The third-order valence-electron chi connectivity index (χ3n) is 1.63. The summed E-state index contributed by atoms with van der Waals surface area (Å²) in [5.74, 6) is 1.67. The van der Waals surface area contributed by atoms with Gasteiger partial charge in [-0.2, -0.15) is 0 Å². The highest BCUT2D eigenvalue weighted by molar-refractivity contribution is 6.31. The van der Waals surface area contributed by atoms with E-state index in [1.54, 1.807) is 33.5 Å². The van der Waals surface area contributed by atoms with Gasteiger partial charge in [0.1, 0.15) is 0 Å². The third kappa shape index (κ3) is 1.98. The number of rotatable bonds is 3. The van der Waals surface area contributed by atoms with Gasteiger partial charge in [-0.15, -0.1) is 0 Å². The smallest absolute Gasteiger partial charge is 0.203 e. The first-order valence-corrected chi connectivity index (χ1v) is 4.06. The second-order valence-corrected chi connectivity index (χ2v) is 2.78. The van der Waals surface area contributed by atoms with Crippen molar-refractivity contribution in [3.05, 3.63) is 17.2 Å². The van der Waals surface area contributed by atoms with Crippen LogP contribution in [0.5, 0.6) is 17.2 Å². The predicted octanol–water partition coefficient (Wildman–Crippen LogP) is 2.37. The van der Waals surface area contributed by atoms with Crippen molar-refractivity contribution in [3.63, 3.8) is 0 Å². The molecule has 0 aliphatic carbocycles. The van der Waals surface area contributed by atoms with Gasteiger partial charge in [0.15, 0.2) is 11.5 Å². The highest BCUT2D eigenvalue weighted by Crippen LogP contribution is 2.39. The largest absolute Gasteiger partial charge is 0.493 e. The molecule has 0 aliphatic rings. The van der Waals surface area contributed by atoms with Crippen LogP contribution < -0.4 is 14.2 Å². The summed E-state index contributed by atoms with van der Waals surface area (Å²) in [6, 6.07) is 3.34. The molecule has 4 heteroatoms. The van der Waals surface area contributed by atoms with Gasteiger partial charge in [0.25, 0.3) is 0 Å². The monoisotopic (exact) mass is 202 g/mol. The van der Waals surface area contributed by atoms with Crippen molar-refractivity contribution in [2.24, 2.45) is 0 Å². The molecular formula is C9H11ClO3. The van der Waals surface area contributed by atoms with E-state index >= 15 is 0 Å². The van der Waals surface area contributed by atoms with Crippen LogP contribution in [0.4, 0.5) is 0 Å². The number of ether oxygens (including phenoxy) is 3. The van der Waals surface area contributed by atoms with E-state index in [1.165, 1.54) is 0 Å². The molecule has 1 aromatic carbocycles. The molecule has 13 heavy (non-hydrogen) atoms. The number of methoxy groups -OCH3 is 3. The second kappa shape index (κ2) is 4.23. The maximum Gasteiger partial charge on any atom is 0.203 e. The van der Waals surface area contributed by atoms with Gasteiger partial charge in [-0.25, -0.2) is 0 Å². The van der Waals surface area contributed by atoms with Crippen LogP contribution in [-0.4, -0.2) is 21.3 Å². The Bertz CT molecular complexity index is 274. The summed E-state index contributed by atoms with van der Waals surface area (Å²) in [6.45, 7) is 0. The minimum Gasteiger partial charge on any atom is -0.493 e. The highest BCUT2D eigenvalue weighted by atomic mass is 35.5. The molecule has 0 spiro atoms.